The van der Waals surface area contributed by atoms with Gasteiger partial charge in [0.2, 0.25) is 0 Å². The number of halogens is 1. The van der Waals surface area contributed by atoms with E-state index in [-0.39, 0.29) is 32.2 Å². The summed E-state index contributed by atoms with van der Waals surface area (Å²) in [7, 11) is 0. The summed E-state index contributed by atoms with van der Waals surface area (Å²) in [5.74, 6) is -0.327. The summed E-state index contributed by atoms with van der Waals surface area (Å²) in [5, 5.41) is 1.95. The van der Waals surface area contributed by atoms with E-state index < -0.39 is 0 Å². The zero-order chi connectivity index (χ0) is 15.0. The van der Waals surface area contributed by atoms with Crippen molar-refractivity contribution in [1.29, 1.82) is 0 Å². The summed E-state index contributed by atoms with van der Waals surface area (Å²) >= 11 is 0.746. The molecule has 108 valence electrons. The molecule has 0 spiro atoms. The van der Waals surface area contributed by atoms with Gasteiger partial charge in [0.1, 0.15) is 0 Å². The third kappa shape index (κ3) is 2.80. The third-order valence-corrected chi connectivity index (χ3v) is 5.28. The zero-order valence-corrected chi connectivity index (χ0v) is 14.4. The van der Waals surface area contributed by atoms with Crippen LogP contribution < -0.4 is 5.32 Å². The van der Waals surface area contributed by atoms with Gasteiger partial charge in [-0.2, -0.15) is 0 Å². The van der Waals surface area contributed by atoms with Crippen molar-refractivity contribution in [3.8, 4) is 0 Å². The van der Waals surface area contributed by atoms with E-state index in [0.29, 0.717) is 4.91 Å². The van der Waals surface area contributed by atoms with Crippen LogP contribution in [0, 0.1) is 13.8 Å². The molecule has 1 N–H and O–H groups in total. The van der Waals surface area contributed by atoms with Crippen molar-refractivity contribution >= 4 is 55.7 Å². The van der Waals surface area contributed by atoms with Gasteiger partial charge in [0.05, 0.1) is 16.8 Å². The highest BCUT2D eigenvalue weighted by molar-refractivity contribution is 14.2. The number of allylic oxidation sites excluding steroid dienone is 2. The molecule has 1 saturated heterocycles. The number of thioether (sulfide) groups is 1. The Morgan fingerprint density at radius 1 is 1.38 bits per heavy atom. The van der Waals surface area contributed by atoms with Crippen molar-refractivity contribution in [2.75, 3.05) is 0 Å². The highest BCUT2D eigenvalue weighted by Gasteiger charge is 2.25. The second kappa shape index (κ2) is 5.72. The van der Waals surface area contributed by atoms with Crippen LogP contribution in [-0.2, 0) is 4.79 Å². The van der Waals surface area contributed by atoms with Crippen molar-refractivity contribution in [2.45, 2.75) is 13.8 Å². The normalized spacial score (nSPS) is 19.7. The van der Waals surface area contributed by atoms with Gasteiger partial charge in [-0.15, -0.1) is 0 Å². The molecule has 7 heteroatoms. The van der Waals surface area contributed by atoms with Gasteiger partial charge < -0.3 is 4.57 Å². The van der Waals surface area contributed by atoms with Crippen molar-refractivity contribution in [1.82, 2.24) is 9.88 Å². The van der Waals surface area contributed by atoms with E-state index >= 15 is 0 Å². The summed E-state index contributed by atoms with van der Waals surface area (Å²) in [5.41, 5.74) is 4.06. The number of nitrogens with zero attached hydrogens (tertiary/aromatic N) is 2. The summed E-state index contributed by atoms with van der Waals surface area (Å²) in [6.45, 7) is 4.01. The second-order valence-corrected chi connectivity index (χ2v) is 7.40. The average Bonchev–Trinajstić information content (AvgIpc) is 2.91. The lowest BCUT2D eigenvalue weighted by Gasteiger charge is -2.10. The van der Waals surface area contributed by atoms with Gasteiger partial charge >= 0.3 is 0 Å². The molecule has 0 atom stereocenters. The average molecular weight is 413 g/mol. The van der Waals surface area contributed by atoms with Gasteiger partial charge in [-0.1, -0.05) is 0 Å². The molecular weight excluding hydrogens is 401 g/mol. The second-order valence-electron chi connectivity index (χ2n) is 4.56. The van der Waals surface area contributed by atoms with E-state index in [1.165, 1.54) is 0 Å². The molecule has 0 aromatic carbocycles. The lowest BCUT2D eigenvalue weighted by molar-refractivity contribution is -0.115. The van der Waals surface area contributed by atoms with Crippen LogP contribution in [0.15, 0.2) is 30.5 Å². The molecule has 2 aliphatic rings. The summed E-state index contributed by atoms with van der Waals surface area (Å²) in [4.78, 5) is 23.3. The highest BCUT2D eigenvalue weighted by atomic mass is 127. The molecule has 0 saturated carbocycles. The van der Waals surface area contributed by atoms with Crippen molar-refractivity contribution < 1.29 is 9.59 Å². The number of aromatic nitrogens is 1. The Morgan fingerprint density at radius 3 is 2.81 bits per heavy atom. The minimum absolute atomic E-state index is 0.191. The molecule has 0 unspecified atom stereocenters. The lowest BCUT2D eigenvalue weighted by atomic mass is 10.2. The quantitative estimate of drug-likeness (QED) is 0.591. The van der Waals surface area contributed by atoms with Crippen LogP contribution >= 0.6 is 32.8 Å². The molecule has 1 aromatic rings. The van der Waals surface area contributed by atoms with E-state index in [1.54, 1.807) is 6.08 Å². The van der Waals surface area contributed by atoms with Crippen molar-refractivity contribution in [3.63, 3.8) is 0 Å². The number of nitrogens with one attached hydrogen (secondary N) is 1. The fourth-order valence-electron chi connectivity index (χ4n) is 2.27. The highest BCUT2D eigenvalue weighted by Crippen LogP contribution is 2.30. The summed E-state index contributed by atoms with van der Waals surface area (Å²) in [6.07, 6.45) is 5.74. The maximum absolute atomic E-state index is 11.6. The molecule has 3 rings (SSSR count). The minimum atomic E-state index is -0.327. The molecule has 1 fully saturated rings. The molecule has 0 radical (unpaired) electrons. The summed E-state index contributed by atoms with van der Waals surface area (Å²) in [6, 6.07) is 2.01. The molecule has 0 aliphatic carbocycles. The Kier molecular flexibility index (Phi) is 3.94. The Labute approximate surface area is 136 Å². The van der Waals surface area contributed by atoms with E-state index in [0.717, 1.165) is 34.4 Å². The van der Waals surface area contributed by atoms with Crippen molar-refractivity contribution in [3.05, 3.63) is 44.3 Å². The monoisotopic (exact) mass is 413 g/mol. The van der Waals surface area contributed by atoms with E-state index in [1.807, 2.05) is 26.1 Å². The number of aryl methyl sites for hydroxylation is 1. The van der Waals surface area contributed by atoms with E-state index in [2.05, 4.69) is 23.2 Å². The Hall–Kier alpha value is -1.48. The molecule has 0 bridgehead atoms. The Morgan fingerprint density at radius 2 is 2.19 bits per heavy atom. The van der Waals surface area contributed by atoms with Gasteiger partial charge in [-0.3, -0.25) is 14.9 Å². The van der Waals surface area contributed by atoms with Crippen LogP contribution in [0.2, 0.25) is 0 Å². The van der Waals surface area contributed by atoms with Gasteiger partial charge in [0, 0.05) is 32.4 Å². The number of rotatable bonds is 2. The van der Waals surface area contributed by atoms with Gasteiger partial charge in [0.15, 0.2) is 0 Å². The van der Waals surface area contributed by atoms with Gasteiger partial charge in [-0.25, -0.2) is 3.15 Å². The summed E-state index contributed by atoms with van der Waals surface area (Å²) < 4.78 is 8.58. The Bertz CT molecular complexity index is 771. The molecule has 5 nitrogen and oxygen atoms in total. The minimum Gasteiger partial charge on any atom is -0.316 e. The molecule has 2 aliphatic heterocycles. The van der Waals surface area contributed by atoms with Crippen LogP contribution in [0.5, 0.6) is 0 Å². The fourth-order valence-corrected chi connectivity index (χ4v) is 4.11. The first-order valence-electron chi connectivity index (χ1n) is 6.20. The van der Waals surface area contributed by atoms with Gasteiger partial charge in [0.25, 0.3) is 11.1 Å². The maximum Gasteiger partial charge on any atom is 0.290 e. The van der Waals surface area contributed by atoms with E-state index in [4.69, 9.17) is 0 Å². The number of imide groups is 1. The number of carbonyl (C=O) groups is 2. The molecule has 1 aromatic heterocycles. The standard InChI is InChI=1S/C14H12IN3O2S/c1-8-5-10(6-12-13(19)17-14(20)21-12)9(2)18(8)11-3-4-15-16-7-11/h3-7H,1-2H3,(H,17,19,20)/b12-6-. The van der Waals surface area contributed by atoms with Crippen LogP contribution in [-0.4, -0.2) is 15.7 Å². The van der Waals surface area contributed by atoms with Crippen LogP contribution in [0.1, 0.15) is 17.0 Å². The van der Waals surface area contributed by atoms with Crippen LogP contribution in [0.25, 0.3) is 11.8 Å². The predicted molar refractivity (Wildman–Crippen MR) is 92.9 cm³/mol. The third-order valence-electron chi connectivity index (χ3n) is 3.18. The zero-order valence-electron chi connectivity index (χ0n) is 11.4. The smallest absolute Gasteiger partial charge is 0.290 e. The van der Waals surface area contributed by atoms with Gasteiger partial charge in [-0.05, 0) is 53.5 Å². The predicted octanol–water partition coefficient (Wildman–Crippen LogP) is 3.91. The molecule has 3 heterocycles. The first-order chi connectivity index (χ1) is 10.1. The molecule has 2 amide bonds. The topological polar surface area (TPSA) is 63.5 Å². The Balaban J connectivity index is 2.03. The fraction of sp³-hybridized carbons (Fsp3) is 0.143. The maximum atomic E-state index is 11.6. The SMILES string of the molecule is Cc1cc(/C=C2\SC(=O)NC2=O)c(C)n1C1=CN=IC=C1. The van der Waals surface area contributed by atoms with Crippen molar-refractivity contribution in [2.24, 2.45) is 3.15 Å². The molecular formula is C14H12IN3O2S. The number of carbonyl (C=O) groups excluding carboxylic acids is 2. The number of hydrogen-bond donors (Lipinski definition) is 1. The largest absolute Gasteiger partial charge is 0.316 e. The van der Waals surface area contributed by atoms with Crippen LogP contribution in [0.4, 0.5) is 4.79 Å². The van der Waals surface area contributed by atoms with Crippen LogP contribution in [0.3, 0.4) is 0 Å². The number of hydrogen-bond acceptors (Lipinski definition) is 4. The molecule has 21 heavy (non-hydrogen) atoms. The first-order valence-corrected chi connectivity index (χ1v) is 9.23. The lowest BCUT2D eigenvalue weighted by Crippen LogP contribution is -2.17. The van der Waals surface area contributed by atoms with E-state index in [9.17, 15) is 9.59 Å². The number of amides is 2. The first kappa shape index (κ1) is 14.5.